The second kappa shape index (κ2) is 9.50. The number of piperidine rings is 1. The van der Waals surface area contributed by atoms with Gasteiger partial charge in [-0.25, -0.2) is 9.98 Å². The highest BCUT2D eigenvalue weighted by atomic mass is 15.2. The summed E-state index contributed by atoms with van der Waals surface area (Å²) >= 11 is 0. The number of rotatable bonds is 6. The number of nitrogens with zero attached hydrogens (tertiary/aromatic N) is 4. The van der Waals surface area contributed by atoms with E-state index in [1.807, 2.05) is 12.1 Å². The summed E-state index contributed by atoms with van der Waals surface area (Å²) < 4.78 is 0. The molecule has 0 aliphatic carbocycles. The topological polar surface area (TPSA) is 81.2 Å². The molecule has 0 spiro atoms. The second-order valence-corrected chi connectivity index (χ2v) is 7.28. The molecular weight excluding hydrogens is 338 g/mol. The second-order valence-electron chi connectivity index (χ2n) is 7.28. The lowest BCUT2D eigenvalue weighted by molar-refractivity contribution is 0.167. The van der Waals surface area contributed by atoms with Gasteiger partial charge < -0.3 is 15.5 Å². The van der Waals surface area contributed by atoms with Gasteiger partial charge in [-0.15, -0.1) is 0 Å². The van der Waals surface area contributed by atoms with Crippen LogP contribution in [-0.2, 0) is 6.54 Å². The lowest BCUT2D eigenvalue weighted by atomic mass is 10.0. The highest BCUT2D eigenvalue weighted by molar-refractivity contribution is 5.80. The van der Waals surface area contributed by atoms with E-state index in [4.69, 9.17) is 4.99 Å². The van der Waals surface area contributed by atoms with E-state index in [0.29, 0.717) is 18.6 Å². The maximum atomic E-state index is 4.79. The fourth-order valence-corrected chi connectivity index (χ4v) is 3.41. The van der Waals surface area contributed by atoms with Crippen LogP contribution < -0.4 is 10.6 Å². The van der Waals surface area contributed by atoms with Crippen LogP contribution in [0.5, 0.6) is 0 Å². The number of guanidine groups is 1. The molecule has 0 saturated carbocycles. The molecule has 146 valence electrons. The van der Waals surface area contributed by atoms with Crippen LogP contribution >= 0.6 is 0 Å². The molecule has 1 aromatic carbocycles. The Kier molecular flexibility index (Phi) is 6.81. The van der Waals surface area contributed by atoms with E-state index in [1.165, 1.54) is 6.33 Å². The van der Waals surface area contributed by atoms with Crippen molar-refractivity contribution in [2.45, 2.75) is 52.2 Å². The van der Waals surface area contributed by atoms with Crippen LogP contribution in [0, 0.1) is 0 Å². The zero-order chi connectivity index (χ0) is 19.1. The number of benzene rings is 1. The summed E-state index contributed by atoms with van der Waals surface area (Å²) in [6.45, 7) is 10.4. The SMILES string of the molecule is CCNC(=NCc1cccc(-c2ncn[nH]2)c1)NC1CCN(C(C)C)CC1. The van der Waals surface area contributed by atoms with Crippen LogP contribution in [0.25, 0.3) is 11.4 Å². The van der Waals surface area contributed by atoms with Crippen LogP contribution in [0.4, 0.5) is 0 Å². The summed E-state index contributed by atoms with van der Waals surface area (Å²) in [5.74, 6) is 1.67. The Hall–Kier alpha value is -2.41. The summed E-state index contributed by atoms with van der Waals surface area (Å²) in [6, 6.07) is 9.37. The van der Waals surface area contributed by atoms with E-state index in [2.05, 4.69) is 63.6 Å². The van der Waals surface area contributed by atoms with Gasteiger partial charge in [0.1, 0.15) is 6.33 Å². The lowest BCUT2D eigenvalue weighted by Gasteiger charge is -2.35. The first-order chi connectivity index (χ1) is 13.2. The fraction of sp³-hybridized carbons (Fsp3) is 0.550. The molecule has 0 bridgehead atoms. The summed E-state index contributed by atoms with van der Waals surface area (Å²) in [6.07, 6.45) is 3.84. The smallest absolute Gasteiger partial charge is 0.191 e. The number of H-pyrrole nitrogens is 1. The van der Waals surface area contributed by atoms with Crippen LogP contribution in [0.1, 0.15) is 39.2 Å². The van der Waals surface area contributed by atoms with Gasteiger partial charge in [-0.3, -0.25) is 5.10 Å². The van der Waals surface area contributed by atoms with Crippen LogP contribution in [0.3, 0.4) is 0 Å². The van der Waals surface area contributed by atoms with Gasteiger partial charge in [-0.05, 0) is 45.2 Å². The van der Waals surface area contributed by atoms with E-state index < -0.39 is 0 Å². The molecule has 2 heterocycles. The van der Waals surface area contributed by atoms with E-state index in [1.54, 1.807) is 0 Å². The monoisotopic (exact) mass is 369 g/mol. The van der Waals surface area contributed by atoms with Crippen molar-refractivity contribution in [3.63, 3.8) is 0 Å². The lowest BCUT2D eigenvalue weighted by Crippen LogP contribution is -2.49. The van der Waals surface area contributed by atoms with Gasteiger partial charge >= 0.3 is 0 Å². The van der Waals surface area contributed by atoms with Gasteiger partial charge in [0, 0.05) is 37.3 Å². The van der Waals surface area contributed by atoms with Crippen molar-refractivity contribution in [1.29, 1.82) is 0 Å². The predicted molar refractivity (Wildman–Crippen MR) is 110 cm³/mol. The first-order valence-electron chi connectivity index (χ1n) is 9.89. The van der Waals surface area contributed by atoms with Gasteiger partial charge in [-0.2, -0.15) is 5.10 Å². The molecular formula is C20H31N7. The first kappa shape index (κ1) is 19.4. The highest BCUT2D eigenvalue weighted by Gasteiger charge is 2.21. The van der Waals surface area contributed by atoms with E-state index in [0.717, 1.165) is 55.4 Å². The minimum absolute atomic E-state index is 0.485. The van der Waals surface area contributed by atoms with Gasteiger partial charge in [0.15, 0.2) is 11.8 Å². The molecule has 3 N–H and O–H groups in total. The molecule has 7 nitrogen and oxygen atoms in total. The fourth-order valence-electron chi connectivity index (χ4n) is 3.41. The maximum Gasteiger partial charge on any atom is 0.191 e. The highest BCUT2D eigenvalue weighted by Crippen LogP contribution is 2.16. The van der Waals surface area contributed by atoms with Crippen molar-refractivity contribution >= 4 is 5.96 Å². The number of likely N-dealkylation sites (tertiary alicyclic amines) is 1. The van der Waals surface area contributed by atoms with E-state index in [-0.39, 0.29) is 0 Å². The molecule has 1 saturated heterocycles. The van der Waals surface area contributed by atoms with Crippen molar-refractivity contribution in [3.05, 3.63) is 36.2 Å². The number of hydrogen-bond acceptors (Lipinski definition) is 4. The summed E-state index contributed by atoms with van der Waals surface area (Å²) in [5.41, 5.74) is 2.18. The number of aromatic nitrogens is 3. The van der Waals surface area contributed by atoms with Crippen molar-refractivity contribution < 1.29 is 0 Å². The molecule has 1 aliphatic rings. The van der Waals surface area contributed by atoms with Gasteiger partial charge in [0.05, 0.1) is 6.54 Å². The molecule has 1 aliphatic heterocycles. The van der Waals surface area contributed by atoms with Gasteiger partial charge in [0.25, 0.3) is 0 Å². The molecule has 2 aromatic rings. The molecule has 27 heavy (non-hydrogen) atoms. The zero-order valence-corrected chi connectivity index (χ0v) is 16.6. The average Bonchev–Trinajstić information content (AvgIpc) is 3.22. The molecule has 3 rings (SSSR count). The van der Waals surface area contributed by atoms with Crippen molar-refractivity contribution in [1.82, 2.24) is 30.7 Å². The van der Waals surface area contributed by atoms with Crippen LogP contribution in [0.2, 0.25) is 0 Å². The molecule has 0 atom stereocenters. The van der Waals surface area contributed by atoms with Crippen molar-refractivity contribution in [2.75, 3.05) is 19.6 Å². The third-order valence-corrected chi connectivity index (χ3v) is 4.98. The Balaban J connectivity index is 1.60. The van der Waals surface area contributed by atoms with Gasteiger partial charge in [0.2, 0.25) is 0 Å². The van der Waals surface area contributed by atoms with E-state index >= 15 is 0 Å². The summed E-state index contributed by atoms with van der Waals surface area (Å²) in [7, 11) is 0. The molecule has 1 aromatic heterocycles. The molecule has 0 unspecified atom stereocenters. The standard InChI is InChI=1S/C20H31N7/c1-4-21-20(25-18-8-10-27(11-9-18)15(2)3)22-13-16-6-5-7-17(12-16)19-23-14-24-26-19/h5-7,12,14-15,18H,4,8-11,13H2,1-3H3,(H2,21,22,25)(H,23,24,26). The Morgan fingerprint density at radius 3 is 2.81 bits per heavy atom. The zero-order valence-electron chi connectivity index (χ0n) is 16.6. The largest absolute Gasteiger partial charge is 0.357 e. The quantitative estimate of drug-likeness (QED) is 0.538. The van der Waals surface area contributed by atoms with Crippen molar-refractivity contribution in [2.24, 2.45) is 4.99 Å². The summed E-state index contributed by atoms with van der Waals surface area (Å²) in [5, 5.41) is 13.8. The predicted octanol–water partition coefficient (Wildman–Crippen LogP) is 2.40. The normalized spacial score (nSPS) is 16.7. The molecule has 1 fully saturated rings. The Morgan fingerprint density at radius 2 is 2.15 bits per heavy atom. The van der Waals surface area contributed by atoms with Crippen LogP contribution in [0.15, 0.2) is 35.6 Å². The Bertz CT molecular complexity index is 716. The Labute approximate surface area is 161 Å². The number of aromatic amines is 1. The third kappa shape index (κ3) is 5.53. The average molecular weight is 370 g/mol. The summed E-state index contributed by atoms with van der Waals surface area (Å²) in [4.78, 5) is 11.5. The molecule has 7 heteroatoms. The third-order valence-electron chi connectivity index (χ3n) is 4.98. The van der Waals surface area contributed by atoms with Gasteiger partial charge in [-0.1, -0.05) is 18.2 Å². The number of hydrogen-bond donors (Lipinski definition) is 3. The number of nitrogens with one attached hydrogen (secondary N) is 3. The first-order valence-corrected chi connectivity index (χ1v) is 9.89. The Morgan fingerprint density at radius 1 is 1.33 bits per heavy atom. The minimum atomic E-state index is 0.485. The maximum absolute atomic E-state index is 4.79. The number of aliphatic imine (C=N–C) groups is 1. The van der Waals surface area contributed by atoms with Crippen LogP contribution in [-0.4, -0.2) is 57.8 Å². The molecule has 0 radical (unpaired) electrons. The van der Waals surface area contributed by atoms with Crippen molar-refractivity contribution in [3.8, 4) is 11.4 Å². The minimum Gasteiger partial charge on any atom is -0.357 e. The molecule has 0 amide bonds. The van der Waals surface area contributed by atoms with E-state index in [9.17, 15) is 0 Å².